The summed E-state index contributed by atoms with van der Waals surface area (Å²) in [5, 5.41) is 11.6. The van der Waals surface area contributed by atoms with Gasteiger partial charge in [0.25, 0.3) is 0 Å². The molecule has 4 heteroatoms. The number of ether oxygens (including phenoxy) is 1. The van der Waals surface area contributed by atoms with Crippen molar-refractivity contribution in [2.75, 3.05) is 13.7 Å². The summed E-state index contributed by atoms with van der Waals surface area (Å²) in [6.07, 6.45) is 2.72. The van der Waals surface area contributed by atoms with Crippen molar-refractivity contribution in [1.29, 1.82) is 0 Å². The predicted octanol–water partition coefficient (Wildman–Crippen LogP) is 0.0336. The third-order valence-electron chi connectivity index (χ3n) is 1.29. The van der Waals surface area contributed by atoms with E-state index in [1.807, 2.05) is 13.8 Å². The number of nitrogens with one attached hydrogen (secondary N) is 1. The highest BCUT2D eigenvalue weighted by Gasteiger charge is 2.12. The van der Waals surface area contributed by atoms with E-state index >= 15 is 0 Å². The summed E-state index contributed by atoms with van der Waals surface area (Å²) >= 11 is 0. The molecule has 0 heterocycles. The van der Waals surface area contributed by atoms with E-state index in [0.29, 0.717) is 0 Å². The topological polar surface area (TPSA) is 58.6 Å². The lowest BCUT2D eigenvalue weighted by Crippen LogP contribution is -2.39. The second kappa shape index (κ2) is 4.77. The average Bonchev–Trinajstić information content (AvgIpc) is 2.04. The molecule has 4 nitrogen and oxygen atoms in total. The monoisotopic (exact) mass is 173 g/mol. The number of hydrogen-bond donors (Lipinski definition) is 2. The van der Waals surface area contributed by atoms with Gasteiger partial charge in [-0.1, -0.05) is 0 Å². The smallest absolute Gasteiger partial charge is 0.331 e. The summed E-state index contributed by atoms with van der Waals surface area (Å²) in [6.45, 7) is 3.63. The van der Waals surface area contributed by atoms with Gasteiger partial charge >= 0.3 is 5.97 Å². The Morgan fingerprint density at radius 3 is 2.67 bits per heavy atom. The van der Waals surface area contributed by atoms with Gasteiger partial charge in [-0.2, -0.15) is 0 Å². The largest absolute Gasteiger partial charge is 0.466 e. The molecule has 0 aliphatic rings. The number of methoxy groups -OCH3 is 1. The van der Waals surface area contributed by atoms with Crippen LogP contribution < -0.4 is 5.32 Å². The van der Waals surface area contributed by atoms with Crippen molar-refractivity contribution in [1.82, 2.24) is 5.32 Å². The van der Waals surface area contributed by atoms with Gasteiger partial charge in [-0.3, -0.25) is 0 Å². The maximum Gasteiger partial charge on any atom is 0.331 e. The Morgan fingerprint density at radius 2 is 2.25 bits per heavy atom. The van der Waals surface area contributed by atoms with Crippen LogP contribution in [-0.4, -0.2) is 30.3 Å². The molecule has 0 aliphatic carbocycles. The Labute approximate surface area is 72.2 Å². The van der Waals surface area contributed by atoms with Gasteiger partial charge in [-0.25, -0.2) is 4.79 Å². The summed E-state index contributed by atoms with van der Waals surface area (Å²) in [7, 11) is 1.31. The zero-order valence-corrected chi connectivity index (χ0v) is 7.63. The van der Waals surface area contributed by atoms with Gasteiger partial charge in [-0.05, 0) is 13.8 Å². The molecule has 2 N–H and O–H groups in total. The van der Waals surface area contributed by atoms with Crippen molar-refractivity contribution in [2.45, 2.75) is 19.4 Å². The van der Waals surface area contributed by atoms with Crippen LogP contribution in [0.3, 0.4) is 0 Å². The van der Waals surface area contributed by atoms with Crippen LogP contribution in [0.15, 0.2) is 12.3 Å². The van der Waals surface area contributed by atoms with E-state index in [-0.39, 0.29) is 6.61 Å². The number of carbonyl (C=O) groups excluding carboxylic acids is 1. The maximum atomic E-state index is 10.6. The van der Waals surface area contributed by atoms with Crippen molar-refractivity contribution >= 4 is 5.97 Å². The Balaban J connectivity index is 3.81. The highest BCUT2D eigenvalue weighted by Crippen LogP contribution is 1.98. The van der Waals surface area contributed by atoms with Crippen LogP contribution in [-0.2, 0) is 9.53 Å². The number of aliphatic hydroxyl groups is 1. The van der Waals surface area contributed by atoms with Crippen LogP contribution in [0.4, 0.5) is 0 Å². The van der Waals surface area contributed by atoms with Crippen molar-refractivity contribution in [2.24, 2.45) is 0 Å². The number of rotatable bonds is 4. The van der Waals surface area contributed by atoms with Crippen molar-refractivity contribution in [3.05, 3.63) is 12.3 Å². The SMILES string of the molecule is COC(=O)/C=C/NC(C)(C)CO. The van der Waals surface area contributed by atoms with E-state index < -0.39 is 11.5 Å². The second-order valence-corrected chi connectivity index (χ2v) is 3.04. The zero-order valence-electron chi connectivity index (χ0n) is 7.63. The third kappa shape index (κ3) is 4.73. The van der Waals surface area contributed by atoms with E-state index in [9.17, 15) is 4.79 Å². The Bertz CT molecular complexity index is 175. The van der Waals surface area contributed by atoms with Gasteiger partial charge < -0.3 is 15.2 Å². The first-order valence-electron chi connectivity index (χ1n) is 3.65. The molecule has 0 atom stereocenters. The molecule has 0 radical (unpaired) electrons. The fourth-order valence-electron chi connectivity index (χ4n) is 0.449. The Hall–Kier alpha value is -1.03. The third-order valence-corrected chi connectivity index (χ3v) is 1.29. The highest BCUT2D eigenvalue weighted by atomic mass is 16.5. The fraction of sp³-hybridized carbons (Fsp3) is 0.625. The molecule has 0 saturated carbocycles. The molecular formula is C8H15NO3. The molecular weight excluding hydrogens is 158 g/mol. The minimum Gasteiger partial charge on any atom is -0.466 e. The van der Waals surface area contributed by atoms with Crippen LogP contribution >= 0.6 is 0 Å². The van der Waals surface area contributed by atoms with Gasteiger partial charge in [0, 0.05) is 12.3 Å². The van der Waals surface area contributed by atoms with Crippen molar-refractivity contribution < 1.29 is 14.6 Å². The first kappa shape index (κ1) is 11.0. The summed E-state index contributed by atoms with van der Waals surface area (Å²) in [5.74, 6) is -0.420. The van der Waals surface area contributed by atoms with E-state index in [1.54, 1.807) is 0 Å². The molecule has 0 spiro atoms. The molecule has 0 amide bonds. The summed E-state index contributed by atoms with van der Waals surface area (Å²) in [6, 6.07) is 0. The van der Waals surface area contributed by atoms with Gasteiger partial charge in [0.1, 0.15) is 0 Å². The average molecular weight is 173 g/mol. The minimum atomic E-state index is -0.420. The van der Waals surface area contributed by atoms with Gasteiger partial charge in [0.2, 0.25) is 0 Å². The lowest BCUT2D eigenvalue weighted by Gasteiger charge is -2.21. The van der Waals surface area contributed by atoms with E-state index in [1.165, 1.54) is 19.4 Å². The quantitative estimate of drug-likeness (QED) is 0.465. The molecule has 0 unspecified atom stereocenters. The van der Waals surface area contributed by atoms with Crippen LogP contribution in [0.2, 0.25) is 0 Å². The number of hydrogen-bond acceptors (Lipinski definition) is 4. The standard InChI is InChI=1S/C8H15NO3/c1-8(2,6-10)9-5-4-7(11)12-3/h4-5,9-10H,6H2,1-3H3/b5-4+. The van der Waals surface area contributed by atoms with Crippen LogP contribution in [0.5, 0.6) is 0 Å². The molecule has 0 rings (SSSR count). The molecule has 0 saturated heterocycles. The second-order valence-electron chi connectivity index (χ2n) is 3.04. The molecule has 0 aliphatic heterocycles. The Morgan fingerprint density at radius 1 is 1.67 bits per heavy atom. The van der Waals surface area contributed by atoms with E-state index in [0.717, 1.165) is 0 Å². The van der Waals surface area contributed by atoms with E-state index in [2.05, 4.69) is 10.1 Å². The van der Waals surface area contributed by atoms with Crippen LogP contribution in [0, 0.1) is 0 Å². The molecule has 0 aromatic carbocycles. The highest BCUT2D eigenvalue weighted by molar-refractivity contribution is 5.81. The van der Waals surface area contributed by atoms with Crippen LogP contribution in [0.25, 0.3) is 0 Å². The van der Waals surface area contributed by atoms with E-state index in [4.69, 9.17) is 5.11 Å². The lowest BCUT2D eigenvalue weighted by molar-refractivity contribution is -0.134. The Kier molecular flexibility index (Phi) is 4.36. The van der Waals surface area contributed by atoms with Crippen molar-refractivity contribution in [3.8, 4) is 0 Å². The maximum absolute atomic E-state index is 10.6. The summed E-state index contributed by atoms with van der Waals surface area (Å²) < 4.78 is 4.37. The van der Waals surface area contributed by atoms with Crippen LogP contribution in [0.1, 0.15) is 13.8 Å². The fourth-order valence-corrected chi connectivity index (χ4v) is 0.449. The molecule has 12 heavy (non-hydrogen) atoms. The lowest BCUT2D eigenvalue weighted by atomic mass is 10.1. The molecule has 0 aromatic heterocycles. The molecule has 0 fully saturated rings. The first-order chi connectivity index (χ1) is 5.52. The minimum absolute atomic E-state index is 0.00148. The molecule has 0 aromatic rings. The van der Waals surface area contributed by atoms with Gasteiger partial charge in [-0.15, -0.1) is 0 Å². The first-order valence-corrected chi connectivity index (χ1v) is 3.65. The van der Waals surface area contributed by atoms with Gasteiger partial charge in [0.15, 0.2) is 0 Å². The summed E-state index contributed by atoms with van der Waals surface area (Å²) in [4.78, 5) is 10.6. The van der Waals surface area contributed by atoms with Gasteiger partial charge in [0.05, 0.1) is 19.3 Å². The molecule has 70 valence electrons. The molecule has 0 bridgehead atoms. The van der Waals surface area contributed by atoms with Crippen molar-refractivity contribution in [3.63, 3.8) is 0 Å². The zero-order chi connectivity index (χ0) is 9.61. The number of carbonyl (C=O) groups is 1. The summed E-state index contributed by atoms with van der Waals surface area (Å²) in [5.41, 5.74) is -0.412. The normalized spacial score (nSPS) is 11.7. The number of esters is 1. The predicted molar refractivity (Wildman–Crippen MR) is 45.5 cm³/mol. The number of aliphatic hydroxyl groups excluding tert-OH is 1.